The third kappa shape index (κ3) is 5.68. The summed E-state index contributed by atoms with van der Waals surface area (Å²) in [7, 11) is 0. The lowest BCUT2D eigenvalue weighted by molar-refractivity contribution is 0.362. The molecule has 0 atom stereocenters. The fourth-order valence-electron chi connectivity index (χ4n) is 2.32. The van der Waals surface area contributed by atoms with Gasteiger partial charge >= 0.3 is 5.63 Å². The normalized spacial score (nSPS) is 10.8. The monoisotopic (exact) mass is 282 g/mol. The van der Waals surface area contributed by atoms with E-state index in [1.165, 1.54) is 38.5 Å². The lowest BCUT2D eigenvalue weighted by Crippen LogP contribution is -2.07. The van der Waals surface area contributed by atoms with Gasteiger partial charge in [0.1, 0.15) is 6.26 Å². The fourth-order valence-corrected chi connectivity index (χ4v) is 2.32. The van der Waals surface area contributed by atoms with Crippen LogP contribution in [0.25, 0.3) is 0 Å². The number of unbranched alkanes of at least 4 members (excludes halogenated alkanes) is 8. The Morgan fingerprint density at radius 1 is 0.950 bits per heavy atom. The molecule has 0 aliphatic carbocycles. The zero-order valence-electron chi connectivity index (χ0n) is 12.4. The van der Waals surface area contributed by atoms with E-state index in [1.54, 1.807) is 0 Å². The minimum atomic E-state index is -0.556. The molecule has 0 radical (unpaired) electrons. The Bertz CT molecular complexity index is 437. The van der Waals surface area contributed by atoms with Gasteiger partial charge in [0.05, 0.1) is 5.56 Å². The van der Waals surface area contributed by atoms with Crippen LogP contribution in [0.2, 0.25) is 0 Å². The van der Waals surface area contributed by atoms with Crippen molar-refractivity contribution < 1.29 is 14.6 Å². The van der Waals surface area contributed by atoms with Crippen molar-refractivity contribution in [2.45, 2.75) is 71.1 Å². The molecular weight excluding hydrogens is 256 g/mol. The van der Waals surface area contributed by atoms with Crippen molar-refractivity contribution in [1.82, 2.24) is 0 Å². The minimum absolute atomic E-state index is 0.188. The third-order valence-corrected chi connectivity index (χ3v) is 3.58. The summed E-state index contributed by atoms with van der Waals surface area (Å²) in [6, 6.07) is 0. The van der Waals surface area contributed by atoms with Gasteiger partial charge in [0.2, 0.25) is 0 Å². The van der Waals surface area contributed by atoms with Crippen LogP contribution in [0.15, 0.2) is 15.5 Å². The molecule has 0 unspecified atom stereocenters. The van der Waals surface area contributed by atoms with Gasteiger partial charge < -0.3 is 14.6 Å². The summed E-state index contributed by atoms with van der Waals surface area (Å²) in [5.41, 5.74) is -0.368. The smallest absolute Gasteiger partial charge is 0.342 e. The molecule has 1 aromatic rings. The van der Waals surface area contributed by atoms with E-state index in [2.05, 4.69) is 11.3 Å². The Morgan fingerprint density at radius 2 is 1.50 bits per heavy atom. The van der Waals surface area contributed by atoms with Gasteiger partial charge in [-0.25, -0.2) is 4.79 Å². The van der Waals surface area contributed by atoms with Crippen LogP contribution in [0.5, 0.6) is 11.5 Å². The fraction of sp³-hybridized carbons (Fsp3) is 0.688. The molecule has 0 bridgehead atoms. The Kier molecular flexibility index (Phi) is 7.85. The zero-order chi connectivity index (χ0) is 14.8. The SMILES string of the molecule is CCCCCCCCCCCc1c(O)c(O)coc1=O. The highest BCUT2D eigenvalue weighted by atomic mass is 16.4. The molecular formula is C16H26O4. The predicted octanol–water partition coefficient (Wildman–Crippen LogP) is 4.12. The summed E-state index contributed by atoms with van der Waals surface area (Å²) in [6.07, 6.45) is 12.1. The van der Waals surface area contributed by atoms with Crippen molar-refractivity contribution in [2.75, 3.05) is 0 Å². The van der Waals surface area contributed by atoms with E-state index in [9.17, 15) is 15.0 Å². The van der Waals surface area contributed by atoms with Crippen LogP contribution >= 0.6 is 0 Å². The summed E-state index contributed by atoms with van der Waals surface area (Å²) in [4.78, 5) is 11.4. The molecule has 20 heavy (non-hydrogen) atoms. The predicted molar refractivity (Wildman–Crippen MR) is 79.2 cm³/mol. The van der Waals surface area contributed by atoms with E-state index in [-0.39, 0.29) is 17.1 Å². The highest BCUT2D eigenvalue weighted by molar-refractivity contribution is 5.40. The van der Waals surface area contributed by atoms with Crippen LogP contribution in [0.4, 0.5) is 0 Å². The Hall–Kier alpha value is -1.45. The molecule has 0 aromatic carbocycles. The summed E-state index contributed by atoms with van der Waals surface area (Å²) in [5, 5.41) is 18.9. The average molecular weight is 282 g/mol. The van der Waals surface area contributed by atoms with Crippen LogP contribution in [-0.2, 0) is 6.42 Å². The molecule has 1 rings (SSSR count). The van der Waals surface area contributed by atoms with Crippen LogP contribution in [0.1, 0.15) is 70.3 Å². The number of hydrogen-bond donors (Lipinski definition) is 2. The Morgan fingerprint density at radius 3 is 2.10 bits per heavy atom. The molecule has 0 aliphatic rings. The van der Waals surface area contributed by atoms with E-state index < -0.39 is 5.63 Å². The maximum atomic E-state index is 11.4. The highest BCUT2D eigenvalue weighted by Gasteiger charge is 2.12. The molecule has 1 aromatic heterocycles. The first-order valence-electron chi connectivity index (χ1n) is 7.69. The van der Waals surface area contributed by atoms with Crippen molar-refractivity contribution in [3.63, 3.8) is 0 Å². The van der Waals surface area contributed by atoms with E-state index in [0.717, 1.165) is 25.5 Å². The number of rotatable bonds is 10. The topological polar surface area (TPSA) is 70.7 Å². The molecule has 4 heteroatoms. The van der Waals surface area contributed by atoms with Crippen molar-refractivity contribution in [3.8, 4) is 11.5 Å². The highest BCUT2D eigenvalue weighted by Crippen LogP contribution is 2.26. The number of aromatic hydroxyl groups is 2. The standard InChI is InChI=1S/C16H26O4/c1-2-3-4-5-6-7-8-9-10-11-13-15(18)14(17)12-20-16(13)19/h12,17-18H,2-11H2,1H3. The molecule has 4 nitrogen and oxygen atoms in total. The third-order valence-electron chi connectivity index (χ3n) is 3.58. The van der Waals surface area contributed by atoms with E-state index >= 15 is 0 Å². The van der Waals surface area contributed by atoms with Gasteiger partial charge in [0, 0.05) is 0 Å². The quantitative estimate of drug-likeness (QED) is 0.633. The van der Waals surface area contributed by atoms with Crippen LogP contribution in [0.3, 0.4) is 0 Å². The van der Waals surface area contributed by atoms with Crippen molar-refractivity contribution >= 4 is 0 Å². The van der Waals surface area contributed by atoms with Crippen LogP contribution < -0.4 is 5.63 Å². The second-order valence-corrected chi connectivity index (χ2v) is 5.31. The van der Waals surface area contributed by atoms with Gasteiger partial charge in [-0.15, -0.1) is 0 Å². The van der Waals surface area contributed by atoms with Gasteiger partial charge in [-0.3, -0.25) is 0 Å². The summed E-state index contributed by atoms with van der Waals surface area (Å²) in [5.74, 6) is -0.698. The van der Waals surface area contributed by atoms with Crippen molar-refractivity contribution in [3.05, 3.63) is 22.2 Å². The second-order valence-electron chi connectivity index (χ2n) is 5.31. The minimum Gasteiger partial charge on any atom is -0.504 e. The van der Waals surface area contributed by atoms with Gasteiger partial charge in [-0.1, -0.05) is 58.3 Å². The largest absolute Gasteiger partial charge is 0.504 e. The Labute approximate surface area is 120 Å². The molecule has 114 valence electrons. The van der Waals surface area contributed by atoms with E-state index in [4.69, 9.17) is 0 Å². The van der Waals surface area contributed by atoms with E-state index in [0.29, 0.717) is 6.42 Å². The van der Waals surface area contributed by atoms with Gasteiger partial charge in [-0.2, -0.15) is 0 Å². The second kappa shape index (κ2) is 9.45. The lowest BCUT2D eigenvalue weighted by atomic mass is 10.0. The molecule has 0 saturated heterocycles. The Balaban J connectivity index is 2.16. The van der Waals surface area contributed by atoms with E-state index in [1.807, 2.05) is 0 Å². The molecule has 0 aliphatic heterocycles. The number of hydrogen-bond acceptors (Lipinski definition) is 4. The van der Waals surface area contributed by atoms with Gasteiger partial charge in [0.25, 0.3) is 0 Å². The first-order chi connectivity index (χ1) is 9.66. The summed E-state index contributed by atoms with van der Waals surface area (Å²) in [6.45, 7) is 2.22. The molecule has 0 saturated carbocycles. The summed E-state index contributed by atoms with van der Waals surface area (Å²) < 4.78 is 4.64. The first kappa shape index (κ1) is 16.6. The zero-order valence-corrected chi connectivity index (χ0v) is 12.4. The first-order valence-corrected chi connectivity index (χ1v) is 7.69. The summed E-state index contributed by atoms with van der Waals surface area (Å²) >= 11 is 0. The van der Waals surface area contributed by atoms with Crippen molar-refractivity contribution in [1.29, 1.82) is 0 Å². The van der Waals surface area contributed by atoms with Crippen molar-refractivity contribution in [2.24, 2.45) is 0 Å². The average Bonchev–Trinajstić information content (AvgIpc) is 2.44. The lowest BCUT2D eigenvalue weighted by Gasteiger charge is -2.04. The van der Waals surface area contributed by atoms with Crippen LogP contribution in [0, 0.1) is 0 Å². The molecule has 0 fully saturated rings. The maximum absolute atomic E-state index is 11.4. The van der Waals surface area contributed by atoms with Gasteiger partial charge in [0.15, 0.2) is 11.5 Å². The van der Waals surface area contributed by atoms with Gasteiger partial charge in [-0.05, 0) is 12.8 Å². The molecule has 0 amide bonds. The molecule has 0 spiro atoms. The maximum Gasteiger partial charge on any atom is 0.342 e. The molecule has 1 heterocycles. The van der Waals surface area contributed by atoms with Crippen LogP contribution in [-0.4, -0.2) is 10.2 Å². The molecule has 2 N–H and O–H groups in total.